The molecular weight excluding hydrogens is 323 g/mol. The Labute approximate surface area is 146 Å². The number of hydrogen-bond acceptors (Lipinski definition) is 4. The largest absolute Gasteiger partial charge is 0.376 e. The van der Waals surface area contributed by atoms with Crippen molar-refractivity contribution in [2.24, 2.45) is 0 Å². The highest BCUT2D eigenvalue weighted by molar-refractivity contribution is 5.94. The lowest BCUT2D eigenvalue weighted by molar-refractivity contribution is -0.124. The van der Waals surface area contributed by atoms with Gasteiger partial charge in [0.2, 0.25) is 0 Å². The number of carbonyl (C=O) groups is 1. The molecular formula is C19H21FN2O3. The summed E-state index contributed by atoms with van der Waals surface area (Å²) in [4.78, 5) is 18.3. The molecule has 5 nitrogen and oxygen atoms in total. The van der Waals surface area contributed by atoms with Crippen molar-refractivity contribution in [2.45, 2.75) is 25.5 Å². The number of hydrogen-bond donors (Lipinski definition) is 0. The quantitative estimate of drug-likeness (QED) is 0.775. The number of pyridine rings is 1. The normalized spacial score (nSPS) is 16.8. The highest BCUT2D eigenvalue weighted by atomic mass is 19.1. The molecule has 1 fully saturated rings. The maximum absolute atomic E-state index is 13.2. The standard InChI is InChI=1S/C19H21FN2O3/c20-16-5-7-17(8-6-16)22(12-15-3-1-9-21-11-15)19(23)14-24-13-18-4-2-10-25-18/h1,3,5-9,11,18H,2,4,10,12-14H2/t18-/m0/s1. The van der Waals surface area contributed by atoms with Crippen LogP contribution in [0.3, 0.4) is 0 Å². The lowest BCUT2D eigenvalue weighted by atomic mass is 10.2. The van der Waals surface area contributed by atoms with Crippen molar-refractivity contribution in [2.75, 3.05) is 24.7 Å². The molecule has 1 atom stereocenters. The molecule has 0 radical (unpaired) electrons. The van der Waals surface area contributed by atoms with Crippen molar-refractivity contribution in [1.82, 2.24) is 4.98 Å². The number of anilines is 1. The fourth-order valence-electron chi connectivity index (χ4n) is 2.75. The molecule has 0 aliphatic carbocycles. The lowest BCUT2D eigenvalue weighted by Gasteiger charge is -2.23. The van der Waals surface area contributed by atoms with E-state index in [0.717, 1.165) is 25.0 Å². The van der Waals surface area contributed by atoms with E-state index in [4.69, 9.17) is 9.47 Å². The van der Waals surface area contributed by atoms with Crippen molar-refractivity contribution in [3.8, 4) is 0 Å². The summed E-state index contributed by atoms with van der Waals surface area (Å²) in [5.74, 6) is -0.527. The molecule has 1 aromatic heterocycles. The summed E-state index contributed by atoms with van der Waals surface area (Å²) in [7, 11) is 0. The highest BCUT2D eigenvalue weighted by Gasteiger charge is 2.19. The van der Waals surface area contributed by atoms with Crippen LogP contribution in [-0.4, -0.2) is 36.8 Å². The first-order chi connectivity index (χ1) is 12.2. The molecule has 0 N–H and O–H groups in total. The summed E-state index contributed by atoms with van der Waals surface area (Å²) in [6.45, 7) is 1.47. The summed E-state index contributed by atoms with van der Waals surface area (Å²) < 4.78 is 24.2. The minimum absolute atomic E-state index is 0.0441. The van der Waals surface area contributed by atoms with Gasteiger partial charge in [0.05, 0.1) is 19.3 Å². The zero-order chi connectivity index (χ0) is 17.5. The Kier molecular flexibility index (Phi) is 6.09. The maximum atomic E-state index is 13.2. The smallest absolute Gasteiger partial charge is 0.253 e. The van der Waals surface area contributed by atoms with E-state index < -0.39 is 0 Å². The van der Waals surface area contributed by atoms with Gasteiger partial charge in [-0.1, -0.05) is 6.07 Å². The fourth-order valence-corrected chi connectivity index (χ4v) is 2.75. The predicted molar refractivity (Wildman–Crippen MR) is 91.6 cm³/mol. The Morgan fingerprint density at radius 2 is 2.16 bits per heavy atom. The van der Waals surface area contributed by atoms with Gasteiger partial charge in [0.1, 0.15) is 12.4 Å². The van der Waals surface area contributed by atoms with E-state index in [9.17, 15) is 9.18 Å². The molecule has 132 valence electrons. The molecule has 1 aromatic carbocycles. The van der Waals surface area contributed by atoms with Crippen molar-refractivity contribution < 1.29 is 18.7 Å². The van der Waals surface area contributed by atoms with Crippen LogP contribution in [0.2, 0.25) is 0 Å². The van der Waals surface area contributed by atoms with Crippen molar-refractivity contribution in [1.29, 1.82) is 0 Å². The van der Waals surface area contributed by atoms with Gasteiger partial charge in [-0.05, 0) is 48.7 Å². The Hall–Kier alpha value is -2.31. The van der Waals surface area contributed by atoms with E-state index in [-0.39, 0.29) is 24.4 Å². The van der Waals surface area contributed by atoms with Crippen LogP contribution in [-0.2, 0) is 20.8 Å². The number of aromatic nitrogens is 1. The van der Waals surface area contributed by atoms with E-state index in [2.05, 4.69) is 4.98 Å². The molecule has 0 bridgehead atoms. The third-order valence-electron chi connectivity index (χ3n) is 4.06. The second kappa shape index (κ2) is 8.69. The Balaban J connectivity index is 1.66. The van der Waals surface area contributed by atoms with Crippen LogP contribution in [0.4, 0.5) is 10.1 Å². The molecule has 25 heavy (non-hydrogen) atoms. The van der Waals surface area contributed by atoms with E-state index in [0.29, 0.717) is 18.8 Å². The molecule has 6 heteroatoms. The van der Waals surface area contributed by atoms with Crippen LogP contribution in [0, 0.1) is 5.82 Å². The van der Waals surface area contributed by atoms with Gasteiger partial charge >= 0.3 is 0 Å². The number of rotatable bonds is 7. The lowest BCUT2D eigenvalue weighted by Crippen LogP contribution is -2.34. The molecule has 2 aromatic rings. The maximum Gasteiger partial charge on any atom is 0.253 e. The molecule has 0 unspecified atom stereocenters. The van der Waals surface area contributed by atoms with Gasteiger partial charge in [-0.15, -0.1) is 0 Å². The number of amides is 1. The van der Waals surface area contributed by atoms with E-state index in [1.54, 1.807) is 29.4 Å². The van der Waals surface area contributed by atoms with Gasteiger partial charge in [0, 0.05) is 24.7 Å². The van der Waals surface area contributed by atoms with Gasteiger partial charge in [0.15, 0.2) is 0 Å². The van der Waals surface area contributed by atoms with Crippen LogP contribution in [0.1, 0.15) is 18.4 Å². The third-order valence-corrected chi connectivity index (χ3v) is 4.06. The topological polar surface area (TPSA) is 51.7 Å². The second-order valence-electron chi connectivity index (χ2n) is 5.97. The first kappa shape index (κ1) is 17.5. The molecule has 1 amide bonds. The zero-order valence-electron chi connectivity index (χ0n) is 13.9. The average Bonchev–Trinajstić information content (AvgIpc) is 3.15. The highest BCUT2D eigenvalue weighted by Crippen LogP contribution is 2.18. The summed E-state index contributed by atoms with van der Waals surface area (Å²) in [5, 5.41) is 0. The summed E-state index contributed by atoms with van der Waals surface area (Å²) in [6, 6.07) is 9.56. The van der Waals surface area contributed by atoms with Crippen molar-refractivity contribution in [3.63, 3.8) is 0 Å². The number of carbonyl (C=O) groups excluding carboxylic acids is 1. The molecule has 1 aliphatic rings. The van der Waals surface area contributed by atoms with E-state index >= 15 is 0 Å². The van der Waals surface area contributed by atoms with Crippen molar-refractivity contribution >= 4 is 11.6 Å². The van der Waals surface area contributed by atoms with Crippen LogP contribution in [0.15, 0.2) is 48.8 Å². The Bertz CT molecular complexity index is 673. The van der Waals surface area contributed by atoms with Crippen LogP contribution >= 0.6 is 0 Å². The van der Waals surface area contributed by atoms with Crippen LogP contribution in [0.25, 0.3) is 0 Å². The number of nitrogens with zero attached hydrogens (tertiary/aromatic N) is 2. The number of ether oxygens (including phenoxy) is 2. The van der Waals surface area contributed by atoms with E-state index in [1.807, 2.05) is 12.1 Å². The van der Waals surface area contributed by atoms with Gasteiger partial charge < -0.3 is 14.4 Å². The van der Waals surface area contributed by atoms with Gasteiger partial charge in [-0.2, -0.15) is 0 Å². The fraction of sp³-hybridized carbons (Fsp3) is 0.368. The molecule has 1 aliphatic heterocycles. The molecule has 0 saturated carbocycles. The first-order valence-corrected chi connectivity index (χ1v) is 8.36. The van der Waals surface area contributed by atoms with Crippen molar-refractivity contribution in [3.05, 3.63) is 60.2 Å². The summed E-state index contributed by atoms with van der Waals surface area (Å²) in [5.41, 5.74) is 1.51. The Morgan fingerprint density at radius 1 is 1.32 bits per heavy atom. The van der Waals surface area contributed by atoms with Gasteiger partial charge in [-0.3, -0.25) is 9.78 Å². The molecule has 3 rings (SSSR count). The monoisotopic (exact) mass is 344 g/mol. The average molecular weight is 344 g/mol. The minimum atomic E-state index is -0.341. The first-order valence-electron chi connectivity index (χ1n) is 8.36. The number of halogens is 1. The number of benzene rings is 1. The van der Waals surface area contributed by atoms with Crippen LogP contribution < -0.4 is 4.90 Å². The zero-order valence-corrected chi connectivity index (χ0v) is 13.9. The van der Waals surface area contributed by atoms with Crippen LogP contribution in [0.5, 0.6) is 0 Å². The summed E-state index contributed by atoms with van der Waals surface area (Å²) in [6.07, 6.45) is 5.45. The van der Waals surface area contributed by atoms with Gasteiger partial charge in [0.25, 0.3) is 5.91 Å². The molecule has 2 heterocycles. The molecule has 1 saturated heterocycles. The van der Waals surface area contributed by atoms with E-state index in [1.165, 1.54) is 12.1 Å². The SMILES string of the molecule is O=C(COC[C@@H]1CCCO1)N(Cc1cccnc1)c1ccc(F)cc1. The Morgan fingerprint density at radius 3 is 2.84 bits per heavy atom. The minimum Gasteiger partial charge on any atom is -0.376 e. The third kappa shape index (κ3) is 5.08. The predicted octanol–water partition coefficient (Wildman–Crippen LogP) is 2.95. The van der Waals surface area contributed by atoms with Gasteiger partial charge in [-0.25, -0.2) is 4.39 Å². The summed E-state index contributed by atoms with van der Waals surface area (Å²) >= 11 is 0. The molecule has 0 spiro atoms. The second-order valence-corrected chi connectivity index (χ2v) is 5.97.